The predicted molar refractivity (Wildman–Crippen MR) is 118 cm³/mol. The van der Waals surface area contributed by atoms with Crippen LogP contribution in [0, 0.1) is 5.41 Å². The zero-order valence-electron chi connectivity index (χ0n) is 15.5. The highest BCUT2D eigenvalue weighted by atomic mass is 35.5. The second-order valence-corrected chi connectivity index (χ2v) is 7.13. The first-order chi connectivity index (χ1) is 11.8. The Morgan fingerprint density at radius 2 is 1.81 bits per heavy atom. The molecule has 1 aromatic heterocycles. The highest BCUT2D eigenvalue weighted by molar-refractivity contribution is 7.15. The number of anilines is 2. The molecular formula is C17H26Cl2N6OS. The normalized spacial score (nSPS) is 9.93. The first-order valence-corrected chi connectivity index (χ1v) is 8.76. The molecule has 2 rings (SSSR count). The van der Waals surface area contributed by atoms with Crippen LogP contribution in [0.25, 0.3) is 0 Å². The number of thiazole rings is 1. The molecule has 5 N–H and O–H groups in total. The van der Waals surface area contributed by atoms with Gasteiger partial charge in [-0.1, -0.05) is 12.1 Å². The van der Waals surface area contributed by atoms with Gasteiger partial charge in [0.25, 0.3) is 0 Å². The number of carbonyl (C=O) groups excluding carboxylic acids is 1. The smallest absolute Gasteiger partial charge is 0.223 e. The molecule has 0 atom stereocenters. The Labute approximate surface area is 176 Å². The largest absolute Gasteiger partial charge is 0.370 e. The van der Waals surface area contributed by atoms with E-state index in [1.54, 1.807) is 0 Å². The van der Waals surface area contributed by atoms with E-state index in [1.807, 2.05) is 38.4 Å². The van der Waals surface area contributed by atoms with Gasteiger partial charge in [-0.05, 0) is 44.6 Å². The summed E-state index contributed by atoms with van der Waals surface area (Å²) in [7, 11) is 4.03. The quantitative estimate of drug-likeness (QED) is 0.397. The van der Waals surface area contributed by atoms with Gasteiger partial charge in [-0.25, -0.2) is 4.98 Å². The molecule has 150 valence electrons. The summed E-state index contributed by atoms with van der Waals surface area (Å²) >= 11 is 1.53. The second-order valence-electron chi connectivity index (χ2n) is 6.04. The van der Waals surface area contributed by atoms with E-state index >= 15 is 0 Å². The van der Waals surface area contributed by atoms with Crippen LogP contribution in [0.4, 0.5) is 10.8 Å². The maximum absolute atomic E-state index is 11.3. The third kappa shape index (κ3) is 8.57. The van der Waals surface area contributed by atoms with Crippen molar-refractivity contribution in [3.05, 3.63) is 40.4 Å². The number of hydrogen-bond acceptors (Lipinski definition) is 5. The van der Waals surface area contributed by atoms with Crippen LogP contribution in [0.1, 0.15) is 23.1 Å². The zero-order valence-corrected chi connectivity index (χ0v) is 18.0. The molecule has 0 aliphatic carbocycles. The Balaban J connectivity index is 0.00000338. The summed E-state index contributed by atoms with van der Waals surface area (Å²) in [6, 6.07) is 7.83. The molecule has 1 amide bonds. The summed E-state index contributed by atoms with van der Waals surface area (Å²) < 4.78 is 0. The lowest BCUT2D eigenvalue weighted by atomic mass is 10.1. The van der Waals surface area contributed by atoms with E-state index in [1.165, 1.54) is 28.7 Å². The van der Waals surface area contributed by atoms with Gasteiger partial charge in [0, 0.05) is 24.0 Å². The van der Waals surface area contributed by atoms with E-state index in [0.717, 1.165) is 30.8 Å². The van der Waals surface area contributed by atoms with Gasteiger partial charge in [0.2, 0.25) is 5.91 Å². The number of halogens is 2. The molecule has 27 heavy (non-hydrogen) atoms. The second kappa shape index (κ2) is 11.8. The van der Waals surface area contributed by atoms with Crippen LogP contribution in [0.5, 0.6) is 0 Å². The van der Waals surface area contributed by atoms with Gasteiger partial charge in [-0.2, -0.15) is 0 Å². The molecule has 2 aromatic rings. The van der Waals surface area contributed by atoms with Crippen LogP contribution < -0.4 is 16.4 Å². The number of hydrogen-bond donors (Lipinski definition) is 4. The van der Waals surface area contributed by atoms with Crippen molar-refractivity contribution in [3.8, 4) is 0 Å². The zero-order chi connectivity index (χ0) is 18.4. The van der Waals surface area contributed by atoms with Gasteiger partial charge >= 0.3 is 0 Å². The van der Waals surface area contributed by atoms with Gasteiger partial charge < -0.3 is 21.3 Å². The fourth-order valence-electron chi connectivity index (χ4n) is 2.37. The van der Waals surface area contributed by atoms with Crippen molar-refractivity contribution in [2.75, 3.05) is 24.7 Å². The molecule has 1 aromatic carbocycles. The Morgan fingerprint density at radius 3 is 2.33 bits per heavy atom. The number of benzene rings is 1. The van der Waals surface area contributed by atoms with Crippen molar-refractivity contribution in [1.82, 2.24) is 9.88 Å². The molecule has 0 unspecified atom stereocenters. The standard InChI is InChI=1S/C17H24N6OS.2ClH/c1-11(24)20-17-22-14(15(25-17)10-23(2)3)9-6-12-4-7-13(8-5-12)21-16(18)19;;/h4-5,7-8H,6,9-10H2,1-3H3,(H4,18,19,21)(H,20,22,24);2*1H. The van der Waals surface area contributed by atoms with Gasteiger partial charge in [0.1, 0.15) is 0 Å². The number of rotatable bonds is 7. The lowest BCUT2D eigenvalue weighted by Gasteiger charge is -2.09. The van der Waals surface area contributed by atoms with Crippen LogP contribution in [0.3, 0.4) is 0 Å². The third-order valence-corrected chi connectivity index (χ3v) is 4.40. The van der Waals surface area contributed by atoms with Gasteiger partial charge in [-0.15, -0.1) is 36.2 Å². The van der Waals surface area contributed by atoms with Crippen LogP contribution >= 0.6 is 36.2 Å². The Hall–Kier alpha value is -1.87. The van der Waals surface area contributed by atoms with Gasteiger partial charge in [-0.3, -0.25) is 10.2 Å². The topological polar surface area (TPSA) is 107 Å². The number of nitrogens with one attached hydrogen (secondary N) is 3. The van der Waals surface area contributed by atoms with Crippen molar-refractivity contribution in [1.29, 1.82) is 5.41 Å². The van der Waals surface area contributed by atoms with Crippen molar-refractivity contribution < 1.29 is 4.79 Å². The number of amides is 1. The third-order valence-electron chi connectivity index (χ3n) is 3.40. The van der Waals surface area contributed by atoms with Crippen molar-refractivity contribution in [2.45, 2.75) is 26.3 Å². The van der Waals surface area contributed by atoms with Crippen LogP contribution in [0.15, 0.2) is 24.3 Å². The van der Waals surface area contributed by atoms with E-state index in [0.29, 0.717) is 5.13 Å². The van der Waals surface area contributed by atoms with Crippen molar-refractivity contribution >= 4 is 58.8 Å². The summed E-state index contributed by atoms with van der Waals surface area (Å²) in [5.74, 6) is -0.181. The molecule has 7 nitrogen and oxygen atoms in total. The molecule has 1 heterocycles. The molecule has 0 radical (unpaired) electrons. The molecule has 10 heteroatoms. The average Bonchev–Trinajstić information content (AvgIpc) is 2.86. The maximum Gasteiger partial charge on any atom is 0.223 e. The summed E-state index contributed by atoms with van der Waals surface area (Å²) in [5.41, 5.74) is 8.32. The van der Waals surface area contributed by atoms with Crippen LogP contribution in [0.2, 0.25) is 0 Å². The number of guanidine groups is 1. The predicted octanol–water partition coefficient (Wildman–Crippen LogP) is 3.10. The van der Waals surface area contributed by atoms with Gasteiger partial charge in [0.05, 0.1) is 5.69 Å². The van der Waals surface area contributed by atoms with E-state index in [2.05, 4.69) is 20.5 Å². The monoisotopic (exact) mass is 432 g/mol. The van der Waals surface area contributed by atoms with E-state index in [9.17, 15) is 4.79 Å². The summed E-state index contributed by atoms with van der Waals surface area (Å²) in [4.78, 5) is 19.1. The Morgan fingerprint density at radius 1 is 1.19 bits per heavy atom. The van der Waals surface area contributed by atoms with Crippen molar-refractivity contribution in [3.63, 3.8) is 0 Å². The SMILES string of the molecule is CC(=O)Nc1nc(CCc2ccc(NC(=N)N)cc2)c(CN(C)C)s1.Cl.Cl. The fourth-order valence-corrected chi connectivity index (χ4v) is 3.54. The highest BCUT2D eigenvalue weighted by Gasteiger charge is 2.13. The number of nitrogens with zero attached hydrogens (tertiary/aromatic N) is 2. The highest BCUT2D eigenvalue weighted by Crippen LogP contribution is 2.25. The first kappa shape index (κ1) is 25.1. The minimum atomic E-state index is -0.106. The van der Waals surface area contributed by atoms with Crippen molar-refractivity contribution in [2.24, 2.45) is 5.73 Å². The lowest BCUT2D eigenvalue weighted by molar-refractivity contribution is -0.114. The molecule has 0 aliphatic heterocycles. The van der Waals surface area contributed by atoms with E-state index in [-0.39, 0.29) is 36.7 Å². The minimum absolute atomic E-state index is 0. The van der Waals surface area contributed by atoms with E-state index < -0.39 is 0 Å². The minimum Gasteiger partial charge on any atom is -0.370 e. The summed E-state index contributed by atoms with van der Waals surface area (Å²) in [5, 5.41) is 13.4. The molecule has 0 fully saturated rings. The van der Waals surface area contributed by atoms with E-state index in [4.69, 9.17) is 11.1 Å². The number of nitrogens with two attached hydrogens (primary N) is 1. The lowest BCUT2D eigenvalue weighted by Crippen LogP contribution is -2.20. The van der Waals surface area contributed by atoms with Crippen LogP contribution in [-0.4, -0.2) is 35.8 Å². The molecule has 0 aliphatic rings. The summed E-state index contributed by atoms with van der Waals surface area (Å²) in [6.07, 6.45) is 1.66. The first-order valence-electron chi connectivity index (χ1n) is 7.94. The molecule has 0 saturated carbocycles. The molecule has 0 spiro atoms. The number of aryl methyl sites for hydroxylation is 2. The van der Waals surface area contributed by atoms with Gasteiger partial charge in [0.15, 0.2) is 11.1 Å². The maximum atomic E-state index is 11.3. The number of carbonyl (C=O) groups is 1. The summed E-state index contributed by atoms with van der Waals surface area (Å²) in [6.45, 7) is 2.29. The molecular weight excluding hydrogens is 407 g/mol. The Kier molecular flexibility index (Phi) is 10.9. The molecule has 0 bridgehead atoms. The average molecular weight is 433 g/mol. The number of aromatic nitrogens is 1. The fraction of sp³-hybridized carbons (Fsp3) is 0.353. The Bertz CT molecular complexity index is 748. The van der Waals surface area contributed by atoms with Crippen LogP contribution in [-0.2, 0) is 24.2 Å². The molecule has 0 saturated heterocycles.